The van der Waals surface area contributed by atoms with Gasteiger partial charge in [-0.15, -0.1) is 0 Å². The van der Waals surface area contributed by atoms with Crippen LogP contribution in [-0.2, 0) is 14.3 Å². The summed E-state index contributed by atoms with van der Waals surface area (Å²) in [6, 6.07) is 6.53. The van der Waals surface area contributed by atoms with E-state index < -0.39 is 0 Å². The number of aryl methyl sites for hydroxylation is 2. The van der Waals surface area contributed by atoms with E-state index in [0.29, 0.717) is 18.2 Å². The number of carbonyl (C=O) groups excluding carboxylic acids is 1. The summed E-state index contributed by atoms with van der Waals surface area (Å²) < 4.78 is 9.63. The van der Waals surface area contributed by atoms with Gasteiger partial charge in [-0.1, -0.05) is 11.3 Å². The minimum atomic E-state index is 0.0934. The molecule has 0 bridgehead atoms. The van der Waals surface area contributed by atoms with Crippen molar-refractivity contribution >= 4 is 45.3 Å². The predicted molar refractivity (Wildman–Crippen MR) is 144 cm³/mol. The molecule has 0 amide bonds. The number of aromatic nitrogens is 3. The van der Waals surface area contributed by atoms with E-state index in [1.807, 2.05) is 13.8 Å². The number of fused-ring (bicyclic) bond motifs is 1. The molecule has 0 saturated carbocycles. The van der Waals surface area contributed by atoms with E-state index in [-0.39, 0.29) is 6.04 Å². The van der Waals surface area contributed by atoms with Crippen molar-refractivity contribution < 1.29 is 19.5 Å². The van der Waals surface area contributed by atoms with Gasteiger partial charge in [-0.25, -0.2) is 20.4 Å². The first-order chi connectivity index (χ1) is 18.0. The number of thiazole rings is 1. The fraction of sp³-hybridized carbons (Fsp3) is 0.520. The fourth-order valence-electron chi connectivity index (χ4n) is 4.42. The number of piperidine rings is 1. The van der Waals surface area contributed by atoms with Crippen LogP contribution in [0.2, 0.25) is 0 Å². The lowest BCUT2D eigenvalue weighted by Crippen LogP contribution is -2.51. The number of ether oxygens (including phenoxy) is 2. The van der Waals surface area contributed by atoms with Gasteiger partial charge < -0.3 is 19.3 Å². The molecule has 2 saturated heterocycles. The number of benzene rings is 1. The van der Waals surface area contributed by atoms with Crippen LogP contribution in [0.1, 0.15) is 30.3 Å². The number of rotatable bonds is 7. The quantitative estimate of drug-likeness (QED) is 0.347. The Morgan fingerprint density at radius 3 is 2.73 bits per heavy atom. The number of anilines is 3. The number of hydrogen-bond acceptors (Lipinski definition) is 12. The van der Waals surface area contributed by atoms with Gasteiger partial charge in [-0.05, 0) is 51.8 Å². The minimum absolute atomic E-state index is 0.0934. The number of nitrogens with one attached hydrogen (secondary N) is 1. The standard InChI is InChI=1S/C22H29N7O2S.C3H6O2/c1-15-16(2)32-22(25-15)29(30)26-17-4-3-7-28(13-17)21-19-6-5-18(12-20(19)23-14-24-21)27-8-10-31-11-9-27;1-2-5-3-4/h5-6,12,14,17,26,30H,3-4,7-11,13H2,1-2H3;3H,2H2,1H3. The SMILES string of the molecule is CCOC=O.Cc1nc(N(O)NC2CCCN(c3ncnc4cc(N5CCOCC5)ccc34)C2)sc1C. The molecule has 37 heavy (non-hydrogen) atoms. The second kappa shape index (κ2) is 13.0. The fourth-order valence-corrected chi connectivity index (χ4v) is 5.21. The number of hydrazine groups is 1. The van der Waals surface area contributed by atoms with E-state index >= 15 is 0 Å². The zero-order valence-corrected chi connectivity index (χ0v) is 22.4. The Bertz CT molecular complexity index is 1150. The van der Waals surface area contributed by atoms with E-state index in [4.69, 9.17) is 4.74 Å². The zero-order valence-electron chi connectivity index (χ0n) is 21.6. The average Bonchev–Trinajstić information content (AvgIpc) is 3.27. The lowest BCUT2D eigenvalue weighted by atomic mass is 10.1. The highest BCUT2D eigenvalue weighted by atomic mass is 32.1. The van der Waals surface area contributed by atoms with Crippen molar-refractivity contribution in [3.8, 4) is 0 Å². The van der Waals surface area contributed by atoms with Gasteiger partial charge in [0, 0.05) is 48.2 Å². The van der Waals surface area contributed by atoms with Gasteiger partial charge in [-0.2, -0.15) is 5.17 Å². The summed E-state index contributed by atoms with van der Waals surface area (Å²) in [5.41, 5.74) is 6.28. The van der Waals surface area contributed by atoms with Crippen LogP contribution in [0.5, 0.6) is 0 Å². The Hall–Kier alpha value is -3.06. The summed E-state index contributed by atoms with van der Waals surface area (Å²) in [6.45, 7) is 11.6. The Morgan fingerprint density at radius 2 is 2.05 bits per heavy atom. The van der Waals surface area contributed by atoms with Crippen LogP contribution >= 0.6 is 11.3 Å². The molecule has 1 atom stereocenters. The highest BCUT2D eigenvalue weighted by Crippen LogP contribution is 2.29. The Morgan fingerprint density at radius 1 is 1.24 bits per heavy atom. The van der Waals surface area contributed by atoms with Crippen molar-refractivity contribution in [2.45, 2.75) is 39.7 Å². The van der Waals surface area contributed by atoms with Gasteiger partial charge in [0.1, 0.15) is 12.1 Å². The smallest absolute Gasteiger partial charge is 0.293 e. The molecule has 4 heterocycles. The van der Waals surface area contributed by atoms with Crippen molar-refractivity contribution in [1.82, 2.24) is 20.4 Å². The maximum atomic E-state index is 10.5. The largest absolute Gasteiger partial charge is 0.468 e. The first kappa shape index (κ1) is 27.0. The van der Waals surface area contributed by atoms with E-state index in [1.54, 1.807) is 13.3 Å². The first-order valence-electron chi connectivity index (χ1n) is 12.6. The maximum absolute atomic E-state index is 10.5. The zero-order chi connectivity index (χ0) is 26.2. The highest BCUT2D eigenvalue weighted by Gasteiger charge is 2.25. The second-order valence-electron chi connectivity index (χ2n) is 8.91. The molecule has 0 spiro atoms. The predicted octanol–water partition coefficient (Wildman–Crippen LogP) is 3.09. The second-order valence-corrected chi connectivity index (χ2v) is 10.1. The Labute approximate surface area is 221 Å². The molecule has 3 aromatic rings. The molecule has 1 aromatic carbocycles. The lowest BCUT2D eigenvalue weighted by Gasteiger charge is -2.35. The van der Waals surface area contributed by atoms with E-state index in [0.717, 1.165) is 84.7 Å². The third-order valence-corrected chi connectivity index (χ3v) is 7.48. The molecule has 0 radical (unpaired) electrons. The van der Waals surface area contributed by atoms with Gasteiger partial charge in [0.2, 0.25) is 5.13 Å². The lowest BCUT2D eigenvalue weighted by molar-refractivity contribution is -0.128. The van der Waals surface area contributed by atoms with Gasteiger partial charge >= 0.3 is 0 Å². The van der Waals surface area contributed by atoms with Crippen molar-refractivity contribution in [2.75, 3.05) is 61.0 Å². The number of nitrogens with zero attached hydrogens (tertiary/aromatic N) is 6. The summed E-state index contributed by atoms with van der Waals surface area (Å²) in [7, 11) is 0. The number of morpholine rings is 1. The van der Waals surface area contributed by atoms with Crippen LogP contribution < -0.4 is 20.4 Å². The molecule has 2 aliphatic rings. The molecule has 12 heteroatoms. The monoisotopic (exact) mass is 529 g/mol. The van der Waals surface area contributed by atoms with Gasteiger partial charge in [0.05, 0.1) is 31.0 Å². The van der Waals surface area contributed by atoms with Gasteiger partial charge in [0.15, 0.2) is 0 Å². The van der Waals surface area contributed by atoms with Crippen LogP contribution in [-0.4, -0.2) is 78.7 Å². The number of carbonyl (C=O) groups is 1. The van der Waals surface area contributed by atoms with Crippen molar-refractivity contribution in [1.29, 1.82) is 0 Å². The Kier molecular flexibility index (Phi) is 9.45. The normalized spacial score (nSPS) is 17.8. The molecule has 1 unspecified atom stereocenters. The molecule has 0 aliphatic carbocycles. The third-order valence-electron chi connectivity index (χ3n) is 6.43. The summed E-state index contributed by atoms with van der Waals surface area (Å²) in [5, 5.41) is 13.2. The topological polar surface area (TPSA) is 116 Å². The molecule has 5 rings (SSSR count). The van der Waals surface area contributed by atoms with Gasteiger partial charge in [0.25, 0.3) is 6.47 Å². The van der Waals surface area contributed by atoms with Gasteiger partial charge in [-0.3, -0.25) is 10.0 Å². The van der Waals surface area contributed by atoms with Crippen molar-refractivity contribution in [3.63, 3.8) is 0 Å². The minimum Gasteiger partial charge on any atom is -0.468 e. The van der Waals surface area contributed by atoms with Crippen LogP contribution in [0.3, 0.4) is 0 Å². The summed E-state index contributed by atoms with van der Waals surface area (Å²) >= 11 is 1.48. The molecule has 2 aliphatic heterocycles. The van der Waals surface area contributed by atoms with Crippen LogP contribution in [0, 0.1) is 13.8 Å². The first-order valence-corrected chi connectivity index (χ1v) is 13.4. The van der Waals surface area contributed by atoms with Crippen molar-refractivity contribution in [3.05, 3.63) is 35.1 Å². The molecule has 2 fully saturated rings. The van der Waals surface area contributed by atoms with E-state index in [9.17, 15) is 10.0 Å². The van der Waals surface area contributed by atoms with E-state index in [2.05, 4.69) is 53.1 Å². The van der Waals surface area contributed by atoms with Crippen molar-refractivity contribution in [2.24, 2.45) is 0 Å². The average molecular weight is 530 g/mol. The molecular formula is C25H35N7O4S. The summed E-state index contributed by atoms with van der Waals surface area (Å²) in [5.74, 6) is 0.945. The van der Waals surface area contributed by atoms with Crippen LogP contribution in [0.15, 0.2) is 24.5 Å². The molecule has 200 valence electrons. The summed E-state index contributed by atoms with van der Waals surface area (Å²) in [6.07, 6.45) is 3.64. The maximum Gasteiger partial charge on any atom is 0.293 e. The third kappa shape index (κ3) is 6.83. The van der Waals surface area contributed by atoms with Crippen LogP contribution in [0.4, 0.5) is 16.6 Å². The number of hydrogen-bond donors (Lipinski definition) is 2. The molecular weight excluding hydrogens is 494 g/mol. The van der Waals surface area contributed by atoms with E-state index in [1.165, 1.54) is 17.0 Å². The Balaban J connectivity index is 0.000000586. The summed E-state index contributed by atoms with van der Waals surface area (Å²) in [4.78, 5) is 28.5. The molecule has 2 N–H and O–H groups in total. The van der Waals surface area contributed by atoms with Crippen LogP contribution in [0.25, 0.3) is 10.9 Å². The molecule has 11 nitrogen and oxygen atoms in total. The highest BCUT2D eigenvalue weighted by molar-refractivity contribution is 7.15. The molecule has 2 aromatic heterocycles.